The summed E-state index contributed by atoms with van der Waals surface area (Å²) in [6.45, 7) is 6.08. The molecule has 0 aromatic heterocycles. The van der Waals surface area contributed by atoms with Gasteiger partial charge in [-0.05, 0) is 39.8 Å². The summed E-state index contributed by atoms with van der Waals surface area (Å²) in [5, 5.41) is 12.6. The molecule has 0 bridgehead atoms. The third kappa shape index (κ3) is 4.80. The fraction of sp³-hybridized carbons (Fsp3) is 0.500. The Labute approximate surface area is 125 Å². The van der Waals surface area contributed by atoms with Gasteiger partial charge in [0.2, 0.25) is 15.9 Å². The lowest BCUT2D eigenvalue weighted by Crippen LogP contribution is -2.59. The van der Waals surface area contributed by atoms with Crippen molar-refractivity contribution in [3.8, 4) is 0 Å². The molecule has 0 fully saturated rings. The van der Waals surface area contributed by atoms with E-state index >= 15 is 0 Å². The molecular formula is C14H22N2O4S. The summed E-state index contributed by atoms with van der Waals surface area (Å²) in [6, 6.07) is 7.80. The highest BCUT2D eigenvalue weighted by Crippen LogP contribution is 2.20. The second-order valence-electron chi connectivity index (χ2n) is 5.87. The summed E-state index contributed by atoms with van der Waals surface area (Å²) in [7, 11) is -3.72. The molecule has 118 valence electrons. The van der Waals surface area contributed by atoms with E-state index in [1.54, 1.807) is 45.9 Å². The number of amides is 1. The van der Waals surface area contributed by atoms with Crippen LogP contribution in [0.25, 0.3) is 0 Å². The zero-order valence-electron chi connectivity index (χ0n) is 12.7. The average Bonchev–Trinajstić information content (AvgIpc) is 2.36. The van der Waals surface area contributed by atoms with Gasteiger partial charge in [-0.15, -0.1) is 0 Å². The molecule has 0 saturated heterocycles. The van der Waals surface area contributed by atoms with Gasteiger partial charge in [0.25, 0.3) is 0 Å². The molecule has 0 radical (unpaired) electrons. The van der Waals surface area contributed by atoms with Gasteiger partial charge in [-0.1, -0.05) is 18.2 Å². The summed E-state index contributed by atoms with van der Waals surface area (Å²) in [5.41, 5.74) is -2.02. The number of carbonyl (C=O) groups excluding carboxylic acids is 1. The van der Waals surface area contributed by atoms with E-state index in [1.807, 2.05) is 0 Å². The molecule has 3 N–H and O–H groups in total. The maximum Gasteiger partial charge on any atom is 0.241 e. The van der Waals surface area contributed by atoms with Gasteiger partial charge in [0, 0.05) is 0 Å². The molecular weight excluding hydrogens is 292 g/mol. The number of aliphatic hydroxyl groups is 1. The molecule has 7 heteroatoms. The highest BCUT2D eigenvalue weighted by molar-refractivity contribution is 7.89. The van der Waals surface area contributed by atoms with Crippen LogP contribution in [0, 0.1) is 0 Å². The second kappa shape index (κ2) is 6.13. The van der Waals surface area contributed by atoms with Crippen molar-refractivity contribution < 1.29 is 18.3 Å². The van der Waals surface area contributed by atoms with Crippen LogP contribution in [0.3, 0.4) is 0 Å². The van der Waals surface area contributed by atoms with Crippen LogP contribution >= 0.6 is 0 Å². The zero-order chi connectivity index (χ0) is 16.3. The minimum absolute atomic E-state index is 0.0968. The molecule has 0 aliphatic carbocycles. The lowest BCUT2D eigenvalue weighted by Gasteiger charge is -2.38. The van der Waals surface area contributed by atoms with E-state index < -0.39 is 33.6 Å². The minimum atomic E-state index is -3.72. The Bertz CT molecular complexity index is 589. The first-order valence-electron chi connectivity index (χ1n) is 6.54. The third-order valence-corrected chi connectivity index (χ3v) is 4.87. The van der Waals surface area contributed by atoms with E-state index in [9.17, 15) is 18.3 Å². The summed E-state index contributed by atoms with van der Waals surface area (Å²) >= 11 is 0. The lowest BCUT2D eigenvalue weighted by molar-refractivity contribution is -0.125. The first kappa shape index (κ1) is 17.6. The quantitative estimate of drug-likeness (QED) is 0.717. The van der Waals surface area contributed by atoms with Crippen molar-refractivity contribution in [2.24, 2.45) is 0 Å². The molecule has 0 unspecified atom stereocenters. The van der Waals surface area contributed by atoms with Crippen molar-refractivity contribution in [3.63, 3.8) is 0 Å². The highest BCUT2D eigenvalue weighted by atomic mass is 32.2. The highest BCUT2D eigenvalue weighted by Gasteiger charge is 2.36. The number of benzene rings is 1. The molecule has 0 heterocycles. The smallest absolute Gasteiger partial charge is 0.241 e. The van der Waals surface area contributed by atoms with Crippen LogP contribution in [0.5, 0.6) is 0 Å². The molecule has 1 rings (SSSR count). The van der Waals surface area contributed by atoms with Gasteiger partial charge in [0.15, 0.2) is 0 Å². The number of hydrogen-bond donors (Lipinski definition) is 3. The normalized spacial score (nSPS) is 13.0. The van der Waals surface area contributed by atoms with Crippen LogP contribution < -0.4 is 10.0 Å². The van der Waals surface area contributed by atoms with Crippen molar-refractivity contribution in [1.82, 2.24) is 10.0 Å². The summed E-state index contributed by atoms with van der Waals surface area (Å²) in [6.07, 6.45) is 0. The standard InChI is InChI=1S/C14H22N2O4S/c1-13(2,14(3,4)18)16-12(17)10-15-21(19,20)11-8-6-5-7-9-11/h5-9,15,18H,10H2,1-4H3,(H,16,17). The topological polar surface area (TPSA) is 95.5 Å². The Morgan fingerprint density at radius 2 is 1.67 bits per heavy atom. The van der Waals surface area contributed by atoms with Crippen LogP contribution in [0.4, 0.5) is 0 Å². The Balaban J connectivity index is 2.66. The van der Waals surface area contributed by atoms with Crippen molar-refractivity contribution in [3.05, 3.63) is 30.3 Å². The molecule has 0 saturated carbocycles. The van der Waals surface area contributed by atoms with Crippen LogP contribution in [0.2, 0.25) is 0 Å². The summed E-state index contributed by atoms with van der Waals surface area (Å²) < 4.78 is 26.1. The minimum Gasteiger partial charge on any atom is -0.388 e. The largest absolute Gasteiger partial charge is 0.388 e. The van der Waals surface area contributed by atoms with Gasteiger partial charge in [-0.25, -0.2) is 13.1 Å². The number of rotatable bonds is 6. The molecule has 6 nitrogen and oxygen atoms in total. The van der Waals surface area contributed by atoms with E-state index in [0.717, 1.165) is 0 Å². The maximum absolute atomic E-state index is 12.0. The average molecular weight is 314 g/mol. The molecule has 1 aromatic rings. The molecule has 0 aliphatic heterocycles. The predicted molar refractivity (Wildman–Crippen MR) is 80.2 cm³/mol. The first-order chi connectivity index (χ1) is 9.46. The fourth-order valence-corrected chi connectivity index (χ4v) is 2.39. The van der Waals surface area contributed by atoms with Crippen LogP contribution in [-0.4, -0.2) is 37.1 Å². The Morgan fingerprint density at radius 1 is 1.14 bits per heavy atom. The summed E-state index contributed by atoms with van der Waals surface area (Å²) in [5.74, 6) is -0.512. The predicted octanol–water partition coefficient (Wildman–Crippen LogP) is 0.631. The van der Waals surface area contributed by atoms with Crippen molar-refractivity contribution in [1.29, 1.82) is 0 Å². The number of nitrogens with one attached hydrogen (secondary N) is 2. The van der Waals surface area contributed by atoms with E-state index in [-0.39, 0.29) is 4.90 Å². The number of carbonyl (C=O) groups is 1. The lowest BCUT2D eigenvalue weighted by atomic mass is 9.86. The van der Waals surface area contributed by atoms with E-state index in [2.05, 4.69) is 10.0 Å². The van der Waals surface area contributed by atoms with Gasteiger partial charge in [0.1, 0.15) is 0 Å². The van der Waals surface area contributed by atoms with Gasteiger partial charge in [0.05, 0.1) is 22.6 Å². The van der Waals surface area contributed by atoms with Gasteiger partial charge in [-0.3, -0.25) is 4.79 Å². The monoisotopic (exact) mass is 314 g/mol. The van der Waals surface area contributed by atoms with E-state index in [0.29, 0.717) is 0 Å². The van der Waals surface area contributed by atoms with Crippen molar-refractivity contribution in [2.75, 3.05) is 6.54 Å². The molecule has 0 aliphatic rings. The van der Waals surface area contributed by atoms with E-state index in [4.69, 9.17) is 0 Å². The van der Waals surface area contributed by atoms with Gasteiger partial charge in [-0.2, -0.15) is 0 Å². The van der Waals surface area contributed by atoms with Gasteiger partial charge < -0.3 is 10.4 Å². The second-order valence-corrected chi connectivity index (χ2v) is 7.64. The Hall–Kier alpha value is -1.44. The SMILES string of the molecule is CC(C)(O)C(C)(C)NC(=O)CNS(=O)(=O)c1ccccc1. The summed E-state index contributed by atoms with van der Waals surface area (Å²) in [4.78, 5) is 11.9. The first-order valence-corrected chi connectivity index (χ1v) is 8.02. The van der Waals surface area contributed by atoms with Crippen LogP contribution in [-0.2, 0) is 14.8 Å². The number of hydrogen-bond acceptors (Lipinski definition) is 4. The fourth-order valence-electron chi connectivity index (χ4n) is 1.39. The molecule has 0 atom stereocenters. The Morgan fingerprint density at radius 3 is 2.14 bits per heavy atom. The van der Waals surface area contributed by atoms with Crippen molar-refractivity contribution in [2.45, 2.75) is 43.7 Å². The van der Waals surface area contributed by atoms with Crippen LogP contribution in [0.1, 0.15) is 27.7 Å². The Kier molecular flexibility index (Phi) is 5.14. The maximum atomic E-state index is 12.0. The number of sulfonamides is 1. The third-order valence-electron chi connectivity index (χ3n) is 3.46. The van der Waals surface area contributed by atoms with Gasteiger partial charge >= 0.3 is 0 Å². The van der Waals surface area contributed by atoms with Crippen molar-refractivity contribution >= 4 is 15.9 Å². The molecule has 0 spiro atoms. The molecule has 1 aromatic carbocycles. The molecule has 21 heavy (non-hydrogen) atoms. The van der Waals surface area contributed by atoms with E-state index in [1.165, 1.54) is 12.1 Å². The van der Waals surface area contributed by atoms with Crippen LogP contribution in [0.15, 0.2) is 35.2 Å². The molecule has 1 amide bonds. The zero-order valence-corrected chi connectivity index (χ0v) is 13.5.